The molecule has 0 unspecified atom stereocenters. The monoisotopic (exact) mass is 431 g/mol. The molecule has 0 saturated carbocycles. The van der Waals surface area contributed by atoms with Crippen LogP contribution < -0.4 is 10.1 Å². The number of hydrogen-bond donors (Lipinski definition) is 3. The molecule has 0 aliphatic heterocycles. The molecule has 8 heteroatoms. The summed E-state index contributed by atoms with van der Waals surface area (Å²) in [5, 5.41) is 21.8. The highest BCUT2D eigenvalue weighted by Gasteiger charge is 2.16. The van der Waals surface area contributed by atoms with Crippen molar-refractivity contribution in [1.29, 1.82) is 0 Å². The number of carbonyl (C=O) groups is 2. The molecule has 3 aromatic carbocycles. The predicted octanol–water partition coefficient (Wildman–Crippen LogP) is 5.71. The van der Waals surface area contributed by atoms with Gasteiger partial charge in [-0.15, -0.1) is 0 Å². The zero-order valence-electron chi connectivity index (χ0n) is 14.9. The Bertz CT molecular complexity index is 1080. The maximum Gasteiger partial charge on any atom is 0.337 e. The van der Waals surface area contributed by atoms with E-state index in [4.69, 9.17) is 33.0 Å². The number of nitrogens with one attached hydrogen (secondary N) is 1. The number of carboxylic acid groups (broad SMARTS) is 2. The van der Waals surface area contributed by atoms with Crippen LogP contribution in [0.2, 0.25) is 10.0 Å². The topological polar surface area (TPSA) is 95.9 Å². The second kappa shape index (κ2) is 8.86. The summed E-state index contributed by atoms with van der Waals surface area (Å²) in [6.45, 7) is 0.0909. The maximum atomic E-state index is 11.4. The minimum absolute atomic E-state index is 0.0661. The molecule has 3 rings (SSSR count). The zero-order chi connectivity index (χ0) is 21.0. The standard InChI is InChI=1S/C21H15Cl2NO5/c22-15-8-9-17(29-11-12-4-3-5-13(10-12)20(25)26)18(23)19(15)24-16-7-2-1-6-14(16)21(27)28/h1-10,24H,11H2,(H,25,26)(H,27,28). The minimum atomic E-state index is -1.09. The first kappa shape index (κ1) is 20.5. The van der Waals surface area contributed by atoms with E-state index < -0.39 is 11.9 Å². The van der Waals surface area contributed by atoms with Gasteiger partial charge >= 0.3 is 11.9 Å². The van der Waals surface area contributed by atoms with Crippen molar-refractivity contribution in [1.82, 2.24) is 0 Å². The molecule has 0 aliphatic rings. The summed E-state index contributed by atoms with van der Waals surface area (Å²) >= 11 is 12.7. The molecular formula is C21H15Cl2NO5. The minimum Gasteiger partial charge on any atom is -0.487 e. The Balaban J connectivity index is 1.85. The maximum absolute atomic E-state index is 11.4. The average Bonchev–Trinajstić information content (AvgIpc) is 2.71. The Hall–Kier alpha value is -3.22. The smallest absolute Gasteiger partial charge is 0.337 e. The Labute approximate surface area is 176 Å². The summed E-state index contributed by atoms with van der Waals surface area (Å²) < 4.78 is 5.73. The molecule has 0 heterocycles. The lowest BCUT2D eigenvalue weighted by Gasteiger charge is -2.16. The second-order valence-corrected chi connectivity index (χ2v) is 6.79. The zero-order valence-corrected chi connectivity index (χ0v) is 16.4. The first-order valence-electron chi connectivity index (χ1n) is 8.39. The normalized spacial score (nSPS) is 10.4. The molecule has 0 aromatic heterocycles. The number of aromatic carboxylic acids is 2. The average molecular weight is 432 g/mol. The summed E-state index contributed by atoms with van der Waals surface area (Å²) in [6.07, 6.45) is 0. The van der Waals surface area contributed by atoms with E-state index in [1.807, 2.05) is 0 Å². The Morgan fingerprint density at radius 2 is 1.69 bits per heavy atom. The lowest BCUT2D eigenvalue weighted by Crippen LogP contribution is -2.04. The van der Waals surface area contributed by atoms with Gasteiger partial charge in [0.15, 0.2) is 0 Å². The van der Waals surface area contributed by atoms with Crippen LogP contribution in [-0.2, 0) is 6.61 Å². The van der Waals surface area contributed by atoms with Crippen LogP contribution >= 0.6 is 23.2 Å². The van der Waals surface area contributed by atoms with E-state index in [9.17, 15) is 14.7 Å². The van der Waals surface area contributed by atoms with Gasteiger partial charge in [-0.2, -0.15) is 0 Å². The number of ether oxygens (including phenoxy) is 1. The first-order chi connectivity index (χ1) is 13.9. The fourth-order valence-electron chi connectivity index (χ4n) is 2.63. The number of benzene rings is 3. The molecule has 0 radical (unpaired) electrons. The third-order valence-corrected chi connectivity index (χ3v) is 4.73. The molecular weight excluding hydrogens is 417 g/mol. The van der Waals surface area contributed by atoms with E-state index in [-0.39, 0.29) is 27.8 Å². The predicted molar refractivity (Wildman–Crippen MR) is 111 cm³/mol. The van der Waals surface area contributed by atoms with Crippen LogP contribution in [0.1, 0.15) is 26.3 Å². The van der Waals surface area contributed by atoms with Gasteiger partial charge in [-0.05, 0) is 42.0 Å². The van der Waals surface area contributed by atoms with E-state index in [1.54, 1.807) is 42.5 Å². The van der Waals surface area contributed by atoms with Gasteiger partial charge in [-0.3, -0.25) is 0 Å². The molecule has 0 atom stereocenters. The summed E-state index contributed by atoms with van der Waals surface area (Å²) in [7, 11) is 0. The van der Waals surface area contributed by atoms with Crippen LogP contribution in [0.5, 0.6) is 5.75 Å². The van der Waals surface area contributed by atoms with Gasteiger partial charge in [0.05, 0.1) is 27.5 Å². The van der Waals surface area contributed by atoms with Crippen molar-refractivity contribution in [3.05, 3.63) is 87.4 Å². The quantitative estimate of drug-likeness (QED) is 0.443. The Kier molecular flexibility index (Phi) is 6.26. The van der Waals surface area contributed by atoms with E-state index in [0.29, 0.717) is 22.7 Å². The molecule has 0 saturated heterocycles. The number of anilines is 2. The summed E-state index contributed by atoms with van der Waals surface area (Å²) in [5.74, 6) is -1.81. The number of rotatable bonds is 7. The third kappa shape index (κ3) is 4.80. The van der Waals surface area contributed by atoms with E-state index in [1.165, 1.54) is 18.2 Å². The fourth-order valence-corrected chi connectivity index (χ4v) is 3.15. The number of halogens is 2. The molecule has 148 valence electrons. The SMILES string of the molecule is O=C(O)c1cccc(COc2ccc(Cl)c(Nc3ccccc3C(=O)O)c2Cl)c1. The van der Waals surface area contributed by atoms with Gasteiger partial charge in [-0.1, -0.05) is 47.5 Å². The van der Waals surface area contributed by atoms with Crippen molar-refractivity contribution < 1.29 is 24.5 Å². The third-order valence-electron chi connectivity index (χ3n) is 4.04. The lowest BCUT2D eigenvalue weighted by atomic mass is 10.1. The van der Waals surface area contributed by atoms with Crippen molar-refractivity contribution >= 4 is 46.5 Å². The van der Waals surface area contributed by atoms with Crippen molar-refractivity contribution in [2.45, 2.75) is 6.61 Å². The van der Waals surface area contributed by atoms with Crippen molar-refractivity contribution in [2.24, 2.45) is 0 Å². The van der Waals surface area contributed by atoms with E-state index in [2.05, 4.69) is 5.32 Å². The van der Waals surface area contributed by atoms with Crippen LogP contribution in [-0.4, -0.2) is 22.2 Å². The van der Waals surface area contributed by atoms with Crippen molar-refractivity contribution in [3.8, 4) is 5.75 Å². The summed E-state index contributed by atoms with van der Waals surface area (Å²) in [5.41, 5.74) is 1.51. The lowest BCUT2D eigenvalue weighted by molar-refractivity contribution is 0.0686. The molecule has 29 heavy (non-hydrogen) atoms. The van der Waals surface area contributed by atoms with Gasteiger partial charge in [-0.25, -0.2) is 9.59 Å². The molecule has 0 fully saturated rings. The largest absolute Gasteiger partial charge is 0.487 e. The Morgan fingerprint density at radius 1 is 0.931 bits per heavy atom. The summed E-state index contributed by atoms with van der Waals surface area (Å²) in [6, 6.07) is 15.9. The number of para-hydroxylation sites is 1. The molecule has 0 amide bonds. The van der Waals surface area contributed by atoms with Crippen LogP contribution in [0.25, 0.3) is 0 Å². The number of carboxylic acids is 2. The highest BCUT2D eigenvalue weighted by molar-refractivity contribution is 6.40. The van der Waals surface area contributed by atoms with Crippen LogP contribution in [0, 0.1) is 0 Å². The molecule has 3 N–H and O–H groups in total. The van der Waals surface area contributed by atoms with Crippen molar-refractivity contribution in [2.75, 3.05) is 5.32 Å². The van der Waals surface area contributed by atoms with Crippen LogP contribution in [0.15, 0.2) is 60.7 Å². The van der Waals surface area contributed by atoms with Crippen molar-refractivity contribution in [3.63, 3.8) is 0 Å². The second-order valence-electron chi connectivity index (χ2n) is 6.00. The first-order valence-corrected chi connectivity index (χ1v) is 9.15. The molecule has 3 aromatic rings. The van der Waals surface area contributed by atoms with E-state index in [0.717, 1.165) is 0 Å². The molecule has 0 aliphatic carbocycles. The highest BCUT2D eigenvalue weighted by Crippen LogP contribution is 2.40. The van der Waals surface area contributed by atoms with Gasteiger partial charge in [0.2, 0.25) is 0 Å². The Morgan fingerprint density at radius 3 is 2.41 bits per heavy atom. The summed E-state index contributed by atoms with van der Waals surface area (Å²) in [4.78, 5) is 22.5. The molecule has 6 nitrogen and oxygen atoms in total. The molecule has 0 spiro atoms. The van der Waals surface area contributed by atoms with Crippen LogP contribution in [0.3, 0.4) is 0 Å². The highest BCUT2D eigenvalue weighted by atomic mass is 35.5. The fraction of sp³-hybridized carbons (Fsp3) is 0.0476. The van der Waals surface area contributed by atoms with Crippen LogP contribution in [0.4, 0.5) is 11.4 Å². The van der Waals surface area contributed by atoms with Gasteiger partial charge < -0.3 is 20.3 Å². The van der Waals surface area contributed by atoms with Gasteiger partial charge in [0.25, 0.3) is 0 Å². The van der Waals surface area contributed by atoms with E-state index >= 15 is 0 Å². The van der Waals surface area contributed by atoms with Gasteiger partial charge in [0.1, 0.15) is 17.4 Å². The number of hydrogen-bond acceptors (Lipinski definition) is 4. The molecule has 0 bridgehead atoms. The van der Waals surface area contributed by atoms with Gasteiger partial charge in [0, 0.05) is 0 Å².